The van der Waals surface area contributed by atoms with Crippen LogP contribution in [0.4, 0.5) is 4.79 Å². The number of halogens is 1. The summed E-state index contributed by atoms with van der Waals surface area (Å²) < 4.78 is 16.9. The summed E-state index contributed by atoms with van der Waals surface area (Å²) in [4.78, 5) is 23.5. The highest BCUT2D eigenvalue weighted by atomic mass is 79.9. The third-order valence-electron chi connectivity index (χ3n) is 3.58. The molecule has 1 amide bonds. The number of benzene rings is 1. The number of hydrogen-bond donors (Lipinski definition) is 1. The molecule has 1 aromatic rings. The first kappa shape index (κ1) is 22.4. The highest BCUT2D eigenvalue weighted by Gasteiger charge is 2.24. The van der Waals surface area contributed by atoms with E-state index in [1.807, 2.05) is 31.2 Å². The van der Waals surface area contributed by atoms with Crippen LogP contribution in [0.3, 0.4) is 0 Å². The monoisotopic (exact) mass is 429 g/mol. The standard InChI is InChI=1S/C19H28BrNO5/c1-13(25-12-14-6-8-15(20)9-7-14)16(10-11-17(22)24-5)21-18(23)26-19(2,3)4/h6-9,13,16H,10-12H2,1-5H3,(H,21,23)/t13-,16+/m1/s1. The highest BCUT2D eigenvalue weighted by molar-refractivity contribution is 9.10. The van der Waals surface area contributed by atoms with E-state index in [1.165, 1.54) is 7.11 Å². The second-order valence-corrected chi connectivity index (χ2v) is 7.93. The molecule has 0 aliphatic carbocycles. The van der Waals surface area contributed by atoms with Crippen LogP contribution in [0.15, 0.2) is 28.7 Å². The number of nitrogens with one attached hydrogen (secondary N) is 1. The van der Waals surface area contributed by atoms with Crippen LogP contribution in [0.25, 0.3) is 0 Å². The van der Waals surface area contributed by atoms with E-state index in [4.69, 9.17) is 9.47 Å². The van der Waals surface area contributed by atoms with Crippen molar-refractivity contribution >= 4 is 28.0 Å². The minimum atomic E-state index is -0.599. The van der Waals surface area contributed by atoms with Crippen molar-refractivity contribution in [1.82, 2.24) is 5.32 Å². The van der Waals surface area contributed by atoms with E-state index in [0.29, 0.717) is 13.0 Å². The summed E-state index contributed by atoms with van der Waals surface area (Å²) >= 11 is 3.39. The van der Waals surface area contributed by atoms with E-state index in [9.17, 15) is 9.59 Å². The summed E-state index contributed by atoms with van der Waals surface area (Å²) in [5, 5.41) is 2.80. The van der Waals surface area contributed by atoms with E-state index >= 15 is 0 Å². The number of amides is 1. The molecule has 6 nitrogen and oxygen atoms in total. The number of ether oxygens (including phenoxy) is 3. The van der Waals surface area contributed by atoms with Gasteiger partial charge >= 0.3 is 12.1 Å². The average molecular weight is 430 g/mol. The van der Waals surface area contributed by atoms with Gasteiger partial charge in [-0.1, -0.05) is 28.1 Å². The third kappa shape index (κ3) is 9.20. The van der Waals surface area contributed by atoms with Crippen LogP contribution in [-0.2, 0) is 25.6 Å². The predicted molar refractivity (Wildman–Crippen MR) is 103 cm³/mol. The Morgan fingerprint density at radius 3 is 2.35 bits per heavy atom. The molecular weight excluding hydrogens is 402 g/mol. The van der Waals surface area contributed by atoms with Crippen LogP contribution >= 0.6 is 15.9 Å². The minimum absolute atomic E-state index is 0.183. The van der Waals surface area contributed by atoms with Gasteiger partial charge in [0.15, 0.2) is 0 Å². The van der Waals surface area contributed by atoms with Crippen molar-refractivity contribution in [2.75, 3.05) is 7.11 Å². The maximum absolute atomic E-state index is 12.1. The lowest BCUT2D eigenvalue weighted by Crippen LogP contribution is -2.45. The van der Waals surface area contributed by atoms with E-state index in [-0.39, 0.29) is 24.5 Å². The first-order chi connectivity index (χ1) is 12.1. The van der Waals surface area contributed by atoms with Gasteiger partial charge in [0.25, 0.3) is 0 Å². The maximum Gasteiger partial charge on any atom is 0.407 e. The molecule has 0 saturated carbocycles. The van der Waals surface area contributed by atoms with Crippen molar-refractivity contribution in [3.63, 3.8) is 0 Å². The molecule has 1 aromatic carbocycles. The Hall–Kier alpha value is -1.60. The SMILES string of the molecule is COC(=O)CC[C@H](NC(=O)OC(C)(C)C)[C@@H](C)OCc1ccc(Br)cc1. The Balaban J connectivity index is 2.66. The first-order valence-corrected chi connectivity index (χ1v) is 9.32. The number of methoxy groups -OCH3 is 1. The van der Waals surface area contributed by atoms with Gasteiger partial charge in [-0.25, -0.2) is 4.79 Å². The fraction of sp³-hybridized carbons (Fsp3) is 0.579. The second kappa shape index (κ2) is 10.5. The lowest BCUT2D eigenvalue weighted by Gasteiger charge is -2.27. The molecule has 2 atom stereocenters. The minimum Gasteiger partial charge on any atom is -0.469 e. The number of rotatable bonds is 8. The van der Waals surface area contributed by atoms with Gasteiger partial charge in [-0.05, 0) is 51.8 Å². The smallest absolute Gasteiger partial charge is 0.407 e. The second-order valence-electron chi connectivity index (χ2n) is 7.01. The lowest BCUT2D eigenvalue weighted by atomic mass is 10.1. The van der Waals surface area contributed by atoms with Crippen LogP contribution in [-0.4, -0.2) is 36.9 Å². The number of alkyl carbamates (subject to hydrolysis) is 1. The van der Waals surface area contributed by atoms with Crippen LogP contribution in [0.5, 0.6) is 0 Å². The Morgan fingerprint density at radius 1 is 1.19 bits per heavy atom. The van der Waals surface area contributed by atoms with E-state index < -0.39 is 11.7 Å². The summed E-state index contributed by atoms with van der Waals surface area (Å²) in [6, 6.07) is 7.43. The molecule has 26 heavy (non-hydrogen) atoms. The zero-order valence-corrected chi connectivity index (χ0v) is 17.6. The zero-order valence-electron chi connectivity index (χ0n) is 16.0. The molecule has 0 fully saturated rings. The quantitative estimate of drug-likeness (QED) is 0.626. The van der Waals surface area contributed by atoms with E-state index in [0.717, 1.165) is 10.0 Å². The normalized spacial score (nSPS) is 13.6. The molecule has 0 spiro atoms. The summed E-state index contributed by atoms with van der Waals surface area (Å²) in [6.45, 7) is 7.65. The molecule has 7 heteroatoms. The Labute approximate surface area is 163 Å². The molecule has 0 bridgehead atoms. The topological polar surface area (TPSA) is 73.9 Å². The van der Waals surface area contributed by atoms with Crippen molar-refractivity contribution in [2.24, 2.45) is 0 Å². The van der Waals surface area contributed by atoms with Crippen molar-refractivity contribution in [3.8, 4) is 0 Å². The van der Waals surface area contributed by atoms with Crippen molar-refractivity contribution in [1.29, 1.82) is 0 Å². The molecule has 0 radical (unpaired) electrons. The van der Waals surface area contributed by atoms with Gasteiger partial charge in [0.05, 0.1) is 25.9 Å². The molecule has 0 heterocycles. The number of hydrogen-bond acceptors (Lipinski definition) is 5. The van der Waals surface area contributed by atoms with Crippen LogP contribution in [0.2, 0.25) is 0 Å². The average Bonchev–Trinajstić information content (AvgIpc) is 2.55. The van der Waals surface area contributed by atoms with Gasteiger partial charge in [0.1, 0.15) is 5.60 Å². The van der Waals surface area contributed by atoms with Gasteiger partial charge in [-0.3, -0.25) is 4.79 Å². The molecule has 0 unspecified atom stereocenters. The fourth-order valence-electron chi connectivity index (χ4n) is 2.18. The maximum atomic E-state index is 12.1. The number of carbonyl (C=O) groups excluding carboxylic acids is 2. The van der Waals surface area contributed by atoms with Crippen LogP contribution in [0, 0.1) is 0 Å². The molecule has 1 N–H and O–H groups in total. The van der Waals surface area contributed by atoms with E-state index in [1.54, 1.807) is 20.8 Å². The summed E-state index contributed by atoms with van der Waals surface area (Å²) in [6.07, 6.45) is -0.265. The summed E-state index contributed by atoms with van der Waals surface area (Å²) in [5.74, 6) is -0.332. The summed E-state index contributed by atoms with van der Waals surface area (Å²) in [5.41, 5.74) is 0.419. The largest absolute Gasteiger partial charge is 0.469 e. The number of carbonyl (C=O) groups is 2. The van der Waals surface area contributed by atoms with Gasteiger partial charge in [0, 0.05) is 10.9 Å². The third-order valence-corrected chi connectivity index (χ3v) is 4.11. The van der Waals surface area contributed by atoms with E-state index in [2.05, 4.69) is 26.0 Å². The molecule has 0 aliphatic heterocycles. The Kier molecular flexibility index (Phi) is 9.08. The first-order valence-electron chi connectivity index (χ1n) is 8.53. The predicted octanol–water partition coefficient (Wildman–Crippen LogP) is 4.20. The van der Waals surface area contributed by atoms with Crippen molar-refractivity contribution in [3.05, 3.63) is 34.3 Å². The molecular formula is C19H28BrNO5. The van der Waals surface area contributed by atoms with Crippen LogP contribution < -0.4 is 5.32 Å². The molecule has 1 rings (SSSR count). The van der Waals surface area contributed by atoms with Gasteiger partial charge in [-0.15, -0.1) is 0 Å². The van der Waals surface area contributed by atoms with Gasteiger partial charge in [0.2, 0.25) is 0 Å². The van der Waals surface area contributed by atoms with Crippen molar-refractivity contribution in [2.45, 2.75) is 64.9 Å². The molecule has 0 aliphatic rings. The van der Waals surface area contributed by atoms with Gasteiger partial charge in [-0.2, -0.15) is 0 Å². The zero-order chi connectivity index (χ0) is 19.7. The Bertz CT molecular complexity index is 583. The lowest BCUT2D eigenvalue weighted by molar-refractivity contribution is -0.141. The molecule has 0 saturated heterocycles. The molecule has 146 valence electrons. The number of esters is 1. The fourth-order valence-corrected chi connectivity index (χ4v) is 2.45. The molecule has 0 aromatic heterocycles. The highest BCUT2D eigenvalue weighted by Crippen LogP contribution is 2.15. The van der Waals surface area contributed by atoms with Gasteiger partial charge < -0.3 is 19.5 Å². The van der Waals surface area contributed by atoms with Crippen molar-refractivity contribution < 1.29 is 23.8 Å². The Morgan fingerprint density at radius 2 is 1.81 bits per heavy atom. The van der Waals surface area contributed by atoms with Crippen LogP contribution in [0.1, 0.15) is 46.1 Å². The summed E-state index contributed by atoms with van der Waals surface area (Å²) in [7, 11) is 1.34.